The fraction of sp³-hybridized carbons (Fsp3) is 0.278. The maximum absolute atomic E-state index is 12.4. The van der Waals surface area contributed by atoms with Crippen molar-refractivity contribution in [3.05, 3.63) is 64.1 Å². The van der Waals surface area contributed by atoms with Crippen LogP contribution in [0.4, 0.5) is 0 Å². The van der Waals surface area contributed by atoms with Gasteiger partial charge in [-0.2, -0.15) is 0 Å². The Balaban J connectivity index is 2.06. The van der Waals surface area contributed by atoms with Crippen molar-refractivity contribution in [1.82, 2.24) is 5.32 Å². The summed E-state index contributed by atoms with van der Waals surface area (Å²) in [6.07, 6.45) is 0.976. The second kappa shape index (κ2) is 7.99. The van der Waals surface area contributed by atoms with Crippen LogP contribution in [-0.2, 0) is 0 Å². The molecule has 0 spiro atoms. The first-order valence-electron chi connectivity index (χ1n) is 7.32. The van der Waals surface area contributed by atoms with E-state index >= 15 is 0 Å². The predicted octanol–water partition coefficient (Wildman–Crippen LogP) is 4.38. The molecule has 0 aliphatic rings. The molecule has 2 aromatic rings. The smallest absolute Gasteiger partial charge is 0.252 e. The Bertz CT molecular complexity index is 628. The molecule has 1 unspecified atom stereocenters. The number of ether oxygens (including phenoxy) is 1. The quantitative estimate of drug-likeness (QED) is 0.828. The minimum Gasteiger partial charge on any atom is -0.497 e. The van der Waals surface area contributed by atoms with E-state index in [4.69, 9.17) is 4.74 Å². The molecule has 1 atom stereocenters. The van der Waals surface area contributed by atoms with Gasteiger partial charge in [0.1, 0.15) is 5.75 Å². The largest absolute Gasteiger partial charge is 0.497 e. The standard InChI is InChI=1S/C18H20BrNO2/c1-3-13(14-7-5-4-6-8-14)12-20-18(21)16-11-15(22-2)9-10-17(16)19/h4-11,13H,3,12H2,1-2H3,(H,20,21). The molecule has 1 amide bonds. The van der Waals surface area contributed by atoms with Crippen LogP contribution in [0.25, 0.3) is 0 Å². The monoisotopic (exact) mass is 361 g/mol. The molecule has 1 N–H and O–H groups in total. The second-order valence-corrected chi connectivity index (χ2v) is 5.93. The zero-order chi connectivity index (χ0) is 15.9. The van der Waals surface area contributed by atoms with Crippen molar-refractivity contribution in [2.45, 2.75) is 19.3 Å². The number of hydrogen-bond acceptors (Lipinski definition) is 2. The van der Waals surface area contributed by atoms with Crippen molar-refractivity contribution in [3.8, 4) is 5.75 Å². The van der Waals surface area contributed by atoms with Gasteiger partial charge in [0.25, 0.3) is 5.91 Å². The summed E-state index contributed by atoms with van der Waals surface area (Å²) in [5.74, 6) is 0.887. The van der Waals surface area contributed by atoms with Gasteiger partial charge < -0.3 is 10.1 Å². The maximum atomic E-state index is 12.4. The lowest BCUT2D eigenvalue weighted by atomic mass is 9.96. The lowest BCUT2D eigenvalue weighted by Crippen LogP contribution is -2.28. The predicted molar refractivity (Wildman–Crippen MR) is 92.5 cm³/mol. The SMILES string of the molecule is CCC(CNC(=O)c1cc(OC)ccc1Br)c1ccccc1. The molecule has 116 valence electrons. The number of nitrogens with one attached hydrogen (secondary N) is 1. The molecule has 3 nitrogen and oxygen atoms in total. The van der Waals surface area contributed by atoms with E-state index in [1.165, 1.54) is 5.56 Å². The molecule has 0 saturated heterocycles. The van der Waals surface area contributed by atoms with Gasteiger partial charge in [0.05, 0.1) is 12.7 Å². The normalized spacial score (nSPS) is 11.8. The Morgan fingerprint density at radius 2 is 1.95 bits per heavy atom. The fourth-order valence-corrected chi connectivity index (χ4v) is 2.77. The summed E-state index contributed by atoms with van der Waals surface area (Å²) >= 11 is 3.41. The average molecular weight is 362 g/mol. The van der Waals surface area contributed by atoms with Crippen molar-refractivity contribution in [2.24, 2.45) is 0 Å². The van der Waals surface area contributed by atoms with Crippen LogP contribution in [0.2, 0.25) is 0 Å². The highest BCUT2D eigenvalue weighted by Gasteiger charge is 2.14. The van der Waals surface area contributed by atoms with Gasteiger partial charge in [-0.25, -0.2) is 0 Å². The van der Waals surface area contributed by atoms with Crippen LogP contribution < -0.4 is 10.1 Å². The van der Waals surface area contributed by atoms with Crippen LogP contribution in [0.15, 0.2) is 53.0 Å². The highest BCUT2D eigenvalue weighted by molar-refractivity contribution is 9.10. The third kappa shape index (κ3) is 4.10. The Morgan fingerprint density at radius 3 is 2.59 bits per heavy atom. The minimum atomic E-state index is -0.0971. The van der Waals surface area contributed by atoms with Gasteiger partial charge in [-0.3, -0.25) is 4.79 Å². The molecule has 2 aromatic carbocycles. The number of amides is 1. The molecular formula is C18H20BrNO2. The summed E-state index contributed by atoms with van der Waals surface area (Å²) in [7, 11) is 1.59. The van der Waals surface area contributed by atoms with E-state index in [1.54, 1.807) is 13.2 Å². The third-order valence-electron chi connectivity index (χ3n) is 3.69. The summed E-state index contributed by atoms with van der Waals surface area (Å²) < 4.78 is 5.94. The summed E-state index contributed by atoms with van der Waals surface area (Å²) in [4.78, 5) is 12.4. The Labute approximate surface area is 139 Å². The summed E-state index contributed by atoms with van der Waals surface area (Å²) in [6, 6.07) is 15.6. The zero-order valence-corrected chi connectivity index (χ0v) is 14.4. The molecule has 0 saturated carbocycles. The number of hydrogen-bond donors (Lipinski definition) is 1. The molecule has 2 rings (SSSR count). The third-order valence-corrected chi connectivity index (χ3v) is 4.38. The van der Waals surface area contributed by atoms with Crippen LogP contribution in [-0.4, -0.2) is 19.6 Å². The lowest BCUT2D eigenvalue weighted by molar-refractivity contribution is 0.0950. The van der Waals surface area contributed by atoms with Crippen molar-refractivity contribution in [1.29, 1.82) is 0 Å². The van der Waals surface area contributed by atoms with Crippen molar-refractivity contribution in [2.75, 3.05) is 13.7 Å². The topological polar surface area (TPSA) is 38.3 Å². The molecule has 0 radical (unpaired) electrons. The summed E-state index contributed by atoms with van der Waals surface area (Å²) in [5.41, 5.74) is 1.83. The first kappa shape index (κ1) is 16.6. The minimum absolute atomic E-state index is 0.0971. The number of methoxy groups -OCH3 is 1. The summed E-state index contributed by atoms with van der Waals surface area (Å²) in [5, 5.41) is 3.02. The first-order chi connectivity index (χ1) is 10.7. The summed E-state index contributed by atoms with van der Waals surface area (Å²) in [6.45, 7) is 2.74. The van der Waals surface area contributed by atoms with E-state index in [0.717, 1.165) is 10.9 Å². The second-order valence-electron chi connectivity index (χ2n) is 5.07. The molecule has 0 bridgehead atoms. The Hall–Kier alpha value is -1.81. The van der Waals surface area contributed by atoms with Crippen molar-refractivity contribution < 1.29 is 9.53 Å². The number of carbonyl (C=O) groups is 1. The highest BCUT2D eigenvalue weighted by atomic mass is 79.9. The molecule has 0 aromatic heterocycles. The van der Waals surface area contributed by atoms with E-state index in [2.05, 4.69) is 40.3 Å². The molecule has 0 aliphatic carbocycles. The van der Waals surface area contributed by atoms with E-state index in [0.29, 0.717) is 23.8 Å². The van der Waals surface area contributed by atoms with Crippen LogP contribution >= 0.6 is 15.9 Å². The number of benzene rings is 2. The highest BCUT2D eigenvalue weighted by Crippen LogP contribution is 2.23. The van der Waals surface area contributed by atoms with Gasteiger partial charge in [0, 0.05) is 16.9 Å². The van der Waals surface area contributed by atoms with E-state index in [1.807, 2.05) is 30.3 Å². The van der Waals surface area contributed by atoms with Crippen LogP contribution in [0, 0.1) is 0 Å². The lowest BCUT2D eigenvalue weighted by Gasteiger charge is -2.16. The zero-order valence-electron chi connectivity index (χ0n) is 12.8. The van der Waals surface area contributed by atoms with Crippen LogP contribution in [0.1, 0.15) is 35.2 Å². The molecule has 0 aliphatic heterocycles. The Kier molecular flexibility index (Phi) is 6.01. The van der Waals surface area contributed by atoms with Gasteiger partial charge in [-0.1, -0.05) is 37.3 Å². The van der Waals surface area contributed by atoms with Gasteiger partial charge >= 0.3 is 0 Å². The fourth-order valence-electron chi connectivity index (χ4n) is 2.34. The van der Waals surface area contributed by atoms with Gasteiger partial charge in [0.15, 0.2) is 0 Å². The number of rotatable bonds is 6. The number of carbonyl (C=O) groups excluding carboxylic acids is 1. The molecule has 0 fully saturated rings. The van der Waals surface area contributed by atoms with Crippen LogP contribution in [0.5, 0.6) is 5.75 Å². The van der Waals surface area contributed by atoms with E-state index < -0.39 is 0 Å². The van der Waals surface area contributed by atoms with Gasteiger partial charge in [-0.15, -0.1) is 0 Å². The molecular weight excluding hydrogens is 342 g/mol. The van der Waals surface area contributed by atoms with Crippen LogP contribution in [0.3, 0.4) is 0 Å². The van der Waals surface area contributed by atoms with Gasteiger partial charge in [-0.05, 0) is 46.1 Å². The molecule has 0 heterocycles. The van der Waals surface area contributed by atoms with E-state index in [9.17, 15) is 4.79 Å². The first-order valence-corrected chi connectivity index (χ1v) is 8.11. The average Bonchev–Trinajstić information content (AvgIpc) is 2.56. The molecule has 4 heteroatoms. The Morgan fingerprint density at radius 1 is 1.23 bits per heavy atom. The van der Waals surface area contributed by atoms with Crippen molar-refractivity contribution >= 4 is 21.8 Å². The van der Waals surface area contributed by atoms with E-state index in [-0.39, 0.29) is 5.91 Å². The molecule has 22 heavy (non-hydrogen) atoms. The van der Waals surface area contributed by atoms with Crippen molar-refractivity contribution in [3.63, 3.8) is 0 Å². The van der Waals surface area contributed by atoms with Gasteiger partial charge in [0.2, 0.25) is 0 Å². The number of halogens is 1. The maximum Gasteiger partial charge on any atom is 0.252 e.